The zero-order chi connectivity index (χ0) is 11.5. The van der Waals surface area contributed by atoms with Crippen LogP contribution in [0.5, 0.6) is 0 Å². The Morgan fingerprint density at radius 3 is 2.20 bits per heavy atom. The molecule has 0 aliphatic heterocycles. The number of hydrogen-bond acceptors (Lipinski definition) is 1. The summed E-state index contributed by atoms with van der Waals surface area (Å²) in [6.07, 6.45) is -0.225. The third-order valence-electron chi connectivity index (χ3n) is 1.68. The van der Waals surface area contributed by atoms with Crippen LogP contribution in [0.15, 0.2) is 18.2 Å². The van der Waals surface area contributed by atoms with Crippen LogP contribution in [0.2, 0.25) is 0 Å². The first-order valence-corrected chi connectivity index (χ1v) is 5.11. The number of alkyl halides is 3. The van der Waals surface area contributed by atoms with E-state index in [1.807, 2.05) is 0 Å². The molecule has 0 aliphatic rings. The second-order valence-corrected chi connectivity index (χ2v) is 4.00. The van der Waals surface area contributed by atoms with Gasteiger partial charge in [-0.1, -0.05) is 6.07 Å². The summed E-state index contributed by atoms with van der Waals surface area (Å²) in [6.45, 7) is -0.437. The van der Waals surface area contributed by atoms with Gasteiger partial charge in [-0.15, -0.1) is 0 Å². The van der Waals surface area contributed by atoms with Crippen molar-refractivity contribution in [2.45, 2.75) is 10.5 Å². The van der Waals surface area contributed by atoms with Crippen LogP contribution in [-0.2, 0) is 11.2 Å². The molecule has 1 aromatic carbocycles. The third kappa shape index (κ3) is 4.33. The Morgan fingerprint density at radius 1 is 1.20 bits per heavy atom. The summed E-state index contributed by atoms with van der Waals surface area (Å²) in [5.74, 6) is -1.51. The lowest BCUT2D eigenvalue weighted by Crippen LogP contribution is -2.14. The van der Waals surface area contributed by atoms with Gasteiger partial charge in [-0.25, -0.2) is 8.78 Å². The average Bonchev–Trinajstić information content (AvgIpc) is 2.08. The lowest BCUT2D eigenvalue weighted by atomic mass is 10.1. The van der Waals surface area contributed by atoms with Gasteiger partial charge >= 0.3 is 4.12 Å². The standard InChI is InChI=1S/C9H7F4IO/c10-7-2-1-3-8(11)6(7)4-5-15-9(12,13)14/h1-3H,4-5H2. The summed E-state index contributed by atoms with van der Waals surface area (Å²) in [6, 6.07) is 3.35. The molecule has 0 N–H and O–H groups in total. The normalized spacial score (nSPS) is 11.8. The Bertz CT molecular complexity index is 317. The fraction of sp³-hybridized carbons (Fsp3) is 0.333. The van der Waals surface area contributed by atoms with Crippen molar-refractivity contribution in [2.75, 3.05) is 6.61 Å². The molecule has 0 aliphatic carbocycles. The monoisotopic (exact) mass is 334 g/mol. The third-order valence-corrected chi connectivity index (χ3v) is 1.99. The summed E-state index contributed by atoms with van der Waals surface area (Å²) >= 11 is 0.794. The number of benzene rings is 1. The van der Waals surface area contributed by atoms with Gasteiger partial charge in [0, 0.05) is 34.6 Å². The minimum absolute atomic E-state index is 0.225. The molecule has 0 bridgehead atoms. The van der Waals surface area contributed by atoms with E-state index in [2.05, 4.69) is 4.74 Å². The molecule has 0 saturated heterocycles. The Labute approximate surface area is 97.6 Å². The first-order valence-electron chi connectivity index (χ1n) is 4.04. The van der Waals surface area contributed by atoms with Crippen molar-refractivity contribution in [3.8, 4) is 0 Å². The Kier molecular flexibility index (Phi) is 4.32. The van der Waals surface area contributed by atoms with E-state index >= 15 is 0 Å². The second kappa shape index (κ2) is 5.11. The van der Waals surface area contributed by atoms with Crippen LogP contribution in [0.1, 0.15) is 5.56 Å². The van der Waals surface area contributed by atoms with E-state index in [-0.39, 0.29) is 12.0 Å². The molecule has 0 heterocycles. The minimum atomic E-state index is -3.31. The molecule has 0 unspecified atom stereocenters. The highest BCUT2D eigenvalue weighted by molar-refractivity contribution is 14.1. The number of rotatable bonds is 4. The van der Waals surface area contributed by atoms with Crippen LogP contribution < -0.4 is 0 Å². The van der Waals surface area contributed by atoms with Crippen LogP contribution in [0, 0.1) is 11.6 Å². The first kappa shape index (κ1) is 12.7. The molecule has 0 amide bonds. The SMILES string of the molecule is Fc1cccc(F)c1CCOC(F)(F)I. The highest BCUT2D eigenvalue weighted by Crippen LogP contribution is 2.24. The zero-order valence-corrected chi connectivity index (χ0v) is 9.60. The average molecular weight is 334 g/mol. The smallest absolute Gasteiger partial charge is 0.312 e. The molecular weight excluding hydrogens is 327 g/mol. The van der Waals surface area contributed by atoms with E-state index in [9.17, 15) is 17.6 Å². The zero-order valence-electron chi connectivity index (χ0n) is 7.44. The molecule has 15 heavy (non-hydrogen) atoms. The Balaban J connectivity index is 2.58. The maximum Gasteiger partial charge on any atom is 0.407 e. The molecule has 0 atom stereocenters. The van der Waals surface area contributed by atoms with E-state index in [0.717, 1.165) is 34.7 Å². The predicted octanol–water partition coefficient (Wildman–Crippen LogP) is 3.51. The molecule has 6 heteroatoms. The minimum Gasteiger partial charge on any atom is -0.312 e. The van der Waals surface area contributed by atoms with Crippen LogP contribution in [0.4, 0.5) is 17.6 Å². The maximum atomic E-state index is 13.0. The molecule has 1 aromatic rings. The molecular formula is C9H7F4IO. The largest absolute Gasteiger partial charge is 0.407 e. The summed E-state index contributed by atoms with van der Waals surface area (Å²) in [4.78, 5) is 0. The van der Waals surface area contributed by atoms with E-state index in [0.29, 0.717) is 0 Å². The van der Waals surface area contributed by atoms with Gasteiger partial charge in [0.15, 0.2) is 0 Å². The fourth-order valence-electron chi connectivity index (χ4n) is 1.04. The van der Waals surface area contributed by atoms with Crippen LogP contribution in [-0.4, -0.2) is 10.7 Å². The van der Waals surface area contributed by atoms with Crippen molar-refractivity contribution >= 4 is 22.6 Å². The Hall–Kier alpha value is -0.370. The van der Waals surface area contributed by atoms with Gasteiger partial charge in [0.05, 0.1) is 6.61 Å². The molecule has 84 valence electrons. The van der Waals surface area contributed by atoms with Crippen molar-refractivity contribution in [2.24, 2.45) is 0 Å². The molecule has 0 fully saturated rings. The lowest BCUT2D eigenvalue weighted by Gasteiger charge is -2.10. The number of halogens is 5. The second-order valence-electron chi connectivity index (χ2n) is 2.74. The molecule has 1 rings (SSSR count). The van der Waals surface area contributed by atoms with Crippen molar-refractivity contribution in [3.05, 3.63) is 35.4 Å². The predicted molar refractivity (Wildman–Crippen MR) is 55.0 cm³/mol. The van der Waals surface area contributed by atoms with E-state index < -0.39 is 22.4 Å². The number of hydrogen-bond donors (Lipinski definition) is 0. The van der Waals surface area contributed by atoms with Crippen molar-refractivity contribution in [1.82, 2.24) is 0 Å². The highest BCUT2D eigenvalue weighted by atomic mass is 127. The maximum absolute atomic E-state index is 13.0. The molecule has 0 saturated carbocycles. The highest BCUT2D eigenvalue weighted by Gasteiger charge is 2.24. The summed E-state index contributed by atoms with van der Waals surface area (Å²) in [7, 11) is 0. The van der Waals surface area contributed by atoms with Crippen LogP contribution >= 0.6 is 22.6 Å². The van der Waals surface area contributed by atoms with Gasteiger partial charge in [-0.3, -0.25) is 0 Å². The Morgan fingerprint density at radius 2 is 1.73 bits per heavy atom. The van der Waals surface area contributed by atoms with E-state index in [4.69, 9.17) is 0 Å². The molecule has 0 aromatic heterocycles. The fourth-order valence-corrected chi connectivity index (χ4v) is 1.26. The lowest BCUT2D eigenvalue weighted by molar-refractivity contribution is -0.145. The van der Waals surface area contributed by atoms with Crippen molar-refractivity contribution in [1.29, 1.82) is 0 Å². The van der Waals surface area contributed by atoms with E-state index in [1.165, 1.54) is 6.07 Å². The summed E-state index contributed by atoms with van der Waals surface area (Å²) < 4.78 is 51.1. The van der Waals surface area contributed by atoms with Crippen LogP contribution in [0.25, 0.3) is 0 Å². The van der Waals surface area contributed by atoms with Gasteiger partial charge in [-0.05, 0) is 12.1 Å². The van der Waals surface area contributed by atoms with Gasteiger partial charge in [-0.2, -0.15) is 8.78 Å². The molecule has 0 radical (unpaired) electrons. The van der Waals surface area contributed by atoms with Crippen LogP contribution in [0.3, 0.4) is 0 Å². The molecule has 0 spiro atoms. The first-order chi connectivity index (χ1) is 6.90. The van der Waals surface area contributed by atoms with Gasteiger partial charge in [0.25, 0.3) is 0 Å². The quantitative estimate of drug-likeness (QED) is 0.465. The van der Waals surface area contributed by atoms with Gasteiger partial charge < -0.3 is 4.74 Å². The van der Waals surface area contributed by atoms with Crippen molar-refractivity contribution < 1.29 is 22.3 Å². The number of ether oxygens (including phenoxy) is 1. The topological polar surface area (TPSA) is 9.23 Å². The van der Waals surface area contributed by atoms with Crippen molar-refractivity contribution in [3.63, 3.8) is 0 Å². The molecule has 1 nitrogen and oxygen atoms in total. The van der Waals surface area contributed by atoms with E-state index in [1.54, 1.807) is 0 Å². The van der Waals surface area contributed by atoms with Gasteiger partial charge in [0.2, 0.25) is 0 Å². The summed E-state index contributed by atoms with van der Waals surface area (Å²) in [5, 5.41) is 0. The summed E-state index contributed by atoms with van der Waals surface area (Å²) in [5.41, 5.74) is -0.238. The van der Waals surface area contributed by atoms with Gasteiger partial charge in [0.1, 0.15) is 11.6 Å².